The number of hydrogen-bond donors (Lipinski definition) is 0. The highest BCUT2D eigenvalue weighted by molar-refractivity contribution is 6.19. The molecule has 2 aliphatic carbocycles. The number of nitrogens with zero attached hydrogens (tertiary/aromatic N) is 4. The Labute approximate surface area is 693 Å². The number of hydrogen-bond acceptors (Lipinski definition) is 0. The van der Waals surface area contributed by atoms with Gasteiger partial charge in [-0.3, -0.25) is 0 Å². The largest absolute Gasteiger partial charge is 0.309 e. The second-order valence-electron chi connectivity index (χ2n) is 33.4. The predicted molar refractivity (Wildman–Crippen MR) is 506 cm³/mol. The molecule has 0 unspecified atom stereocenters. The van der Waals surface area contributed by atoms with Crippen molar-refractivity contribution < 1.29 is 0 Å². The number of fused-ring (bicyclic) bond motifs is 23. The summed E-state index contributed by atoms with van der Waals surface area (Å²) in [6.07, 6.45) is 0. The molecule has 0 N–H and O–H groups in total. The summed E-state index contributed by atoms with van der Waals surface area (Å²) in [5.74, 6) is 0. The molecule has 120 heavy (non-hydrogen) atoms. The lowest BCUT2D eigenvalue weighted by atomic mass is 9.67. The first-order valence-electron chi connectivity index (χ1n) is 41.8. The van der Waals surface area contributed by atoms with Crippen LogP contribution >= 0.6 is 0 Å². The maximum absolute atomic E-state index is 2.53. The smallest absolute Gasteiger partial charge is 0.0714 e. The van der Waals surface area contributed by atoms with E-state index in [2.05, 4.69) is 457 Å². The summed E-state index contributed by atoms with van der Waals surface area (Å²) in [6.45, 7) is 4.75. The molecule has 4 nitrogen and oxygen atoms in total. The summed E-state index contributed by atoms with van der Waals surface area (Å²) >= 11 is 0. The maximum Gasteiger partial charge on any atom is 0.0714 e. The first-order chi connectivity index (χ1) is 59.2. The van der Waals surface area contributed by atoms with Crippen molar-refractivity contribution in [2.24, 2.45) is 0 Å². The fourth-order valence-electron chi connectivity index (χ4n) is 21.3. The van der Waals surface area contributed by atoms with Crippen LogP contribution in [0.4, 0.5) is 0 Å². The molecule has 0 amide bonds. The SMILES string of the molecule is CC1(C)c2ccccc2-c2c1ccc1c3cc(-c4ccc5c(c4)c4ccccc4n5-c4ccc5ccccc5c4)ccc3n(-c3ccc4ccccc4c3)c21.c1ccc(C2(c3ccccc3)c3ccccc3-c3cc4c5cc(-c6ccc7c(c6)c6ccccc6n7-c6ccc7ccccc7c6)ccc5n(-c5ccc6ccccc6c5)c4cc32)cc1. The van der Waals surface area contributed by atoms with E-state index in [1.165, 1.54) is 225 Å². The molecule has 0 spiro atoms. The second-order valence-corrected chi connectivity index (χ2v) is 33.4. The molecule has 20 aromatic carbocycles. The van der Waals surface area contributed by atoms with Gasteiger partial charge in [-0.1, -0.05) is 317 Å². The predicted octanol–water partition coefficient (Wildman–Crippen LogP) is 30.4. The zero-order valence-corrected chi connectivity index (χ0v) is 66.2. The number of benzene rings is 20. The van der Waals surface area contributed by atoms with Crippen LogP contribution in [-0.4, -0.2) is 18.3 Å². The first-order valence-corrected chi connectivity index (χ1v) is 41.8. The van der Waals surface area contributed by atoms with Crippen molar-refractivity contribution in [2.75, 3.05) is 0 Å². The van der Waals surface area contributed by atoms with Crippen molar-refractivity contribution in [2.45, 2.75) is 24.7 Å². The molecular formula is C116H76N4. The zero-order valence-electron chi connectivity index (χ0n) is 66.2. The van der Waals surface area contributed by atoms with E-state index in [-0.39, 0.29) is 5.41 Å². The van der Waals surface area contributed by atoms with Gasteiger partial charge in [-0.15, -0.1) is 0 Å². The van der Waals surface area contributed by atoms with Gasteiger partial charge in [0.1, 0.15) is 0 Å². The van der Waals surface area contributed by atoms with Crippen LogP contribution in [0, 0.1) is 0 Å². The Balaban J connectivity index is 0.000000135. The average molecular weight is 1530 g/mol. The van der Waals surface area contributed by atoms with Crippen LogP contribution in [0.25, 0.3) is 198 Å². The second kappa shape index (κ2) is 26.1. The van der Waals surface area contributed by atoms with Gasteiger partial charge >= 0.3 is 0 Å². The van der Waals surface area contributed by atoms with Crippen molar-refractivity contribution in [1.29, 1.82) is 0 Å². The Morgan fingerprint density at radius 1 is 0.183 bits per heavy atom. The summed E-state index contributed by atoms with van der Waals surface area (Å²) in [6, 6.07) is 158. The molecule has 560 valence electrons. The quantitative estimate of drug-likeness (QED) is 0.144. The molecular weight excluding hydrogens is 1450 g/mol. The Morgan fingerprint density at radius 3 is 0.992 bits per heavy atom. The third-order valence-electron chi connectivity index (χ3n) is 26.8. The minimum absolute atomic E-state index is 0.0859. The van der Waals surface area contributed by atoms with Crippen LogP contribution in [-0.2, 0) is 10.8 Å². The number of para-hydroxylation sites is 2. The van der Waals surface area contributed by atoms with Gasteiger partial charge in [0.05, 0.1) is 49.5 Å². The Hall–Kier alpha value is -15.4. The van der Waals surface area contributed by atoms with Crippen molar-refractivity contribution >= 4 is 130 Å². The molecule has 0 radical (unpaired) electrons. The third kappa shape index (κ3) is 10.00. The van der Waals surface area contributed by atoms with Crippen LogP contribution < -0.4 is 0 Å². The fraction of sp³-hybridized carbons (Fsp3) is 0.0345. The molecule has 26 rings (SSSR count). The molecule has 0 bridgehead atoms. The third-order valence-corrected chi connectivity index (χ3v) is 26.8. The Bertz CT molecular complexity index is 8410. The molecule has 0 saturated carbocycles. The van der Waals surface area contributed by atoms with Gasteiger partial charge in [-0.05, 0) is 237 Å². The van der Waals surface area contributed by atoms with Gasteiger partial charge in [0, 0.05) is 76.8 Å². The number of rotatable bonds is 8. The van der Waals surface area contributed by atoms with E-state index in [1.807, 2.05) is 0 Å². The first kappa shape index (κ1) is 67.9. The normalized spacial score (nSPS) is 13.2. The van der Waals surface area contributed by atoms with E-state index in [1.54, 1.807) is 0 Å². The standard InChI is InChI=1S/C63H40N2.C53H36N2/c1-3-19-47(20-4-1)63(48-21-5-2-6-22-48)57-25-13-11-23-51(57)53-39-56-55-38-46(30-34-61(55)65(62(56)40-58(53)63)50-32-28-42-16-8-10-18-44(42)36-50)45-29-33-60-54(37-45)52-24-12-14-26-59(52)64(60)49-31-27-41-15-7-9-17-43(41)35-49;1-53(2)46-17-9-7-16-43(46)51-47(53)26-25-42-45-32-38(22-28-50(45)55(52(42)51)40-24-20-34-12-4-6-14-36(34)30-40)37-21-27-49-44(31-37)41-15-8-10-18-48(41)54(49)39-23-19-33-11-3-5-13-35(33)29-39/h1-40H;3-32H,1-2H3. The molecule has 4 heteroatoms. The Kier molecular flexibility index (Phi) is 14.8. The number of aromatic nitrogens is 4. The molecule has 0 atom stereocenters. The lowest BCUT2D eigenvalue weighted by Gasteiger charge is -2.34. The highest BCUT2D eigenvalue weighted by Gasteiger charge is 2.47. The summed E-state index contributed by atoms with van der Waals surface area (Å²) in [5.41, 5.74) is 31.9. The van der Waals surface area contributed by atoms with Gasteiger partial charge < -0.3 is 18.3 Å². The summed E-state index contributed by atoms with van der Waals surface area (Å²) in [5, 5.41) is 20.0. The fourth-order valence-corrected chi connectivity index (χ4v) is 21.3. The molecule has 24 aromatic rings. The van der Waals surface area contributed by atoms with Gasteiger partial charge in [-0.2, -0.15) is 0 Å². The topological polar surface area (TPSA) is 19.7 Å². The van der Waals surface area contributed by atoms with E-state index in [9.17, 15) is 0 Å². The maximum atomic E-state index is 2.53. The van der Waals surface area contributed by atoms with E-state index in [4.69, 9.17) is 0 Å². The van der Waals surface area contributed by atoms with E-state index >= 15 is 0 Å². The van der Waals surface area contributed by atoms with E-state index in [0.29, 0.717) is 0 Å². The van der Waals surface area contributed by atoms with Crippen molar-refractivity contribution in [3.05, 3.63) is 458 Å². The minimum atomic E-state index is -0.500. The summed E-state index contributed by atoms with van der Waals surface area (Å²) in [4.78, 5) is 0. The molecule has 4 aromatic heterocycles. The average Bonchev–Trinajstić information content (AvgIpc) is 1.53. The van der Waals surface area contributed by atoms with Crippen molar-refractivity contribution in [3.63, 3.8) is 0 Å². The monoisotopic (exact) mass is 1520 g/mol. The molecule has 2 aliphatic rings. The van der Waals surface area contributed by atoms with E-state index < -0.39 is 5.41 Å². The molecule has 0 saturated heterocycles. The zero-order chi connectivity index (χ0) is 79.1. The summed E-state index contributed by atoms with van der Waals surface area (Å²) in [7, 11) is 0. The van der Waals surface area contributed by atoms with Gasteiger partial charge in [0.25, 0.3) is 0 Å². The van der Waals surface area contributed by atoms with Gasteiger partial charge in [-0.25, -0.2) is 0 Å². The van der Waals surface area contributed by atoms with Crippen LogP contribution in [0.2, 0.25) is 0 Å². The van der Waals surface area contributed by atoms with Crippen LogP contribution in [0.5, 0.6) is 0 Å². The molecule has 0 fully saturated rings. The van der Waals surface area contributed by atoms with Crippen LogP contribution in [0.1, 0.15) is 47.2 Å². The lowest BCUT2D eigenvalue weighted by Crippen LogP contribution is -2.28. The van der Waals surface area contributed by atoms with Crippen LogP contribution in [0.3, 0.4) is 0 Å². The van der Waals surface area contributed by atoms with Crippen molar-refractivity contribution in [3.8, 4) is 67.3 Å². The molecule has 4 heterocycles. The van der Waals surface area contributed by atoms with Crippen molar-refractivity contribution in [1.82, 2.24) is 18.3 Å². The van der Waals surface area contributed by atoms with Gasteiger partial charge in [0.15, 0.2) is 0 Å². The minimum Gasteiger partial charge on any atom is -0.309 e. The Morgan fingerprint density at radius 2 is 0.525 bits per heavy atom. The van der Waals surface area contributed by atoms with E-state index in [0.717, 1.165) is 5.69 Å². The highest BCUT2D eigenvalue weighted by Crippen LogP contribution is 2.59. The summed E-state index contributed by atoms with van der Waals surface area (Å²) < 4.78 is 9.87. The lowest BCUT2D eigenvalue weighted by molar-refractivity contribution is 0.661. The van der Waals surface area contributed by atoms with Crippen LogP contribution in [0.15, 0.2) is 425 Å². The molecule has 0 aliphatic heterocycles. The van der Waals surface area contributed by atoms with Gasteiger partial charge in [0.2, 0.25) is 0 Å². The highest BCUT2D eigenvalue weighted by atomic mass is 15.0.